The van der Waals surface area contributed by atoms with Crippen molar-refractivity contribution in [3.05, 3.63) is 0 Å². The van der Waals surface area contributed by atoms with Crippen molar-refractivity contribution in [2.45, 2.75) is 27.2 Å². The first-order valence-electron chi connectivity index (χ1n) is 7.67. The number of carbonyl (C=O) groups excluding carboxylic acids is 2. The fourth-order valence-electron chi connectivity index (χ4n) is 1.83. The maximum atomic E-state index is 11.5. The van der Waals surface area contributed by atoms with Crippen LogP contribution < -0.4 is 0 Å². The van der Waals surface area contributed by atoms with Crippen molar-refractivity contribution in [2.75, 3.05) is 53.2 Å². The van der Waals surface area contributed by atoms with Gasteiger partial charge >= 0.3 is 12.1 Å². The van der Waals surface area contributed by atoms with Gasteiger partial charge in [0.05, 0.1) is 25.7 Å². The van der Waals surface area contributed by atoms with Crippen molar-refractivity contribution in [1.82, 2.24) is 4.90 Å². The molecule has 130 valence electrons. The summed E-state index contributed by atoms with van der Waals surface area (Å²) >= 11 is 0. The number of ether oxygens (including phenoxy) is 4. The minimum absolute atomic E-state index is 0.0933. The van der Waals surface area contributed by atoms with Gasteiger partial charge in [-0.25, -0.2) is 4.79 Å². The first-order valence-corrected chi connectivity index (χ1v) is 7.67. The van der Waals surface area contributed by atoms with Crippen LogP contribution in [-0.2, 0) is 23.7 Å². The summed E-state index contributed by atoms with van der Waals surface area (Å²) in [5.74, 6) is -0.572. The van der Waals surface area contributed by atoms with Crippen LogP contribution in [0.1, 0.15) is 27.2 Å². The number of carbonyl (C=O) groups is 2. The zero-order valence-electron chi connectivity index (χ0n) is 14.1. The van der Waals surface area contributed by atoms with Crippen molar-refractivity contribution in [2.24, 2.45) is 5.92 Å². The summed E-state index contributed by atoms with van der Waals surface area (Å²) in [7, 11) is 1.53. The Balaban J connectivity index is 3.81. The molecule has 0 N–H and O–H groups in total. The largest absolute Gasteiger partial charge is 0.508 e. The van der Waals surface area contributed by atoms with E-state index in [0.717, 1.165) is 26.1 Å². The van der Waals surface area contributed by atoms with E-state index in [1.165, 1.54) is 14.0 Å². The zero-order chi connectivity index (χ0) is 16.8. The third kappa shape index (κ3) is 11.3. The van der Waals surface area contributed by atoms with Gasteiger partial charge in [-0.1, -0.05) is 13.8 Å². The van der Waals surface area contributed by atoms with Gasteiger partial charge in [0.1, 0.15) is 6.61 Å². The molecule has 0 aromatic heterocycles. The Morgan fingerprint density at radius 2 is 1.64 bits per heavy atom. The van der Waals surface area contributed by atoms with Crippen molar-refractivity contribution >= 4 is 12.1 Å². The molecular weight excluding hydrogens is 290 g/mol. The van der Waals surface area contributed by atoms with Gasteiger partial charge in [0.2, 0.25) is 0 Å². The van der Waals surface area contributed by atoms with Crippen LogP contribution in [-0.4, -0.2) is 70.2 Å². The van der Waals surface area contributed by atoms with Gasteiger partial charge in [-0.05, 0) is 19.5 Å². The molecule has 0 radical (unpaired) electrons. The number of nitrogens with zero attached hydrogens (tertiary/aromatic N) is 1. The zero-order valence-corrected chi connectivity index (χ0v) is 14.1. The van der Waals surface area contributed by atoms with Crippen molar-refractivity contribution in [3.63, 3.8) is 0 Å². The van der Waals surface area contributed by atoms with Crippen molar-refractivity contribution < 1.29 is 28.5 Å². The lowest BCUT2D eigenvalue weighted by Gasteiger charge is -2.18. The Morgan fingerprint density at radius 1 is 1.00 bits per heavy atom. The molecule has 0 aliphatic heterocycles. The van der Waals surface area contributed by atoms with Gasteiger partial charge in [-0.2, -0.15) is 0 Å². The molecule has 0 heterocycles. The predicted molar refractivity (Wildman–Crippen MR) is 81.7 cm³/mol. The van der Waals surface area contributed by atoms with Crippen molar-refractivity contribution in [1.29, 1.82) is 0 Å². The lowest BCUT2D eigenvalue weighted by Crippen LogP contribution is -2.26. The lowest BCUT2D eigenvalue weighted by molar-refractivity contribution is -0.143. The molecule has 0 saturated carbocycles. The Bertz CT molecular complexity index is 306. The van der Waals surface area contributed by atoms with E-state index in [4.69, 9.17) is 18.9 Å². The quantitative estimate of drug-likeness (QED) is 0.400. The Kier molecular flexibility index (Phi) is 12.5. The first kappa shape index (κ1) is 20.7. The van der Waals surface area contributed by atoms with Gasteiger partial charge in [0, 0.05) is 20.6 Å². The van der Waals surface area contributed by atoms with E-state index in [1.807, 2.05) is 0 Å². The molecule has 0 aromatic rings. The third-order valence-corrected chi connectivity index (χ3v) is 3.09. The molecule has 0 aromatic carbocycles. The van der Waals surface area contributed by atoms with Gasteiger partial charge in [-0.15, -0.1) is 0 Å². The van der Waals surface area contributed by atoms with E-state index in [1.54, 1.807) is 0 Å². The van der Waals surface area contributed by atoms with Gasteiger partial charge in [0.25, 0.3) is 0 Å². The second-order valence-electron chi connectivity index (χ2n) is 4.91. The highest BCUT2D eigenvalue weighted by molar-refractivity contribution is 5.65. The first-order chi connectivity index (χ1) is 10.5. The molecule has 0 saturated heterocycles. The molecule has 1 atom stereocenters. The van der Waals surface area contributed by atoms with Crippen LogP contribution in [0.15, 0.2) is 0 Å². The van der Waals surface area contributed by atoms with Crippen LogP contribution >= 0.6 is 0 Å². The normalized spacial score (nSPS) is 12.0. The van der Waals surface area contributed by atoms with Gasteiger partial charge in [-0.3, -0.25) is 4.79 Å². The Labute approximate surface area is 132 Å². The molecule has 0 fully saturated rings. The van der Waals surface area contributed by atoms with Crippen molar-refractivity contribution in [3.8, 4) is 0 Å². The van der Waals surface area contributed by atoms with Crippen LogP contribution in [0.4, 0.5) is 4.79 Å². The molecule has 0 amide bonds. The molecule has 1 unspecified atom stereocenters. The summed E-state index contributed by atoms with van der Waals surface area (Å²) in [5, 5.41) is 0. The van der Waals surface area contributed by atoms with Crippen LogP contribution in [0.25, 0.3) is 0 Å². The van der Waals surface area contributed by atoms with Crippen LogP contribution in [0.3, 0.4) is 0 Å². The highest BCUT2D eigenvalue weighted by Gasteiger charge is 2.14. The minimum atomic E-state index is -0.705. The van der Waals surface area contributed by atoms with E-state index in [2.05, 4.69) is 18.7 Å². The van der Waals surface area contributed by atoms with Crippen LogP contribution in [0.5, 0.6) is 0 Å². The van der Waals surface area contributed by atoms with E-state index in [0.29, 0.717) is 13.2 Å². The standard InChI is InChI=1S/C15H29NO6/c1-5-16(6-2)8-7-9-20-15(18)22-12-14(10-19-4)11-21-13(3)17/h14H,5-12H2,1-4H3. The highest BCUT2D eigenvalue weighted by Crippen LogP contribution is 2.02. The molecule has 0 spiro atoms. The van der Waals surface area contributed by atoms with Gasteiger partial charge < -0.3 is 23.8 Å². The number of hydrogen-bond donors (Lipinski definition) is 0. The Morgan fingerprint density at radius 3 is 2.18 bits per heavy atom. The summed E-state index contributed by atoms with van der Waals surface area (Å²) in [5.41, 5.74) is 0. The summed E-state index contributed by atoms with van der Waals surface area (Å²) < 4.78 is 19.9. The van der Waals surface area contributed by atoms with E-state index in [-0.39, 0.29) is 25.1 Å². The number of esters is 1. The molecule has 22 heavy (non-hydrogen) atoms. The molecule has 0 aliphatic carbocycles. The highest BCUT2D eigenvalue weighted by atomic mass is 16.7. The summed E-state index contributed by atoms with van der Waals surface area (Å²) in [6.07, 6.45) is 0.0645. The number of methoxy groups -OCH3 is 1. The minimum Gasteiger partial charge on any atom is -0.465 e. The lowest BCUT2D eigenvalue weighted by atomic mass is 10.2. The van der Waals surface area contributed by atoms with E-state index >= 15 is 0 Å². The number of rotatable bonds is 12. The summed E-state index contributed by atoms with van der Waals surface area (Å²) in [6, 6.07) is 0. The summed E-state index contributed by atoms with van der Waals surface area (Å²) in [4.78, 5) is 24.5. The van der Waals surface area contributed by atoms with Gasteiger partial charge in [0.15, 0.2) is 0 Å². The topological polar surface area (TPSA) is 74.3 Å². The molecular formula is C15H29NO6. The molecule has 0 aliphatic rings. The maximum Gasteiger partial charge on any atom is 0.508 e. The Hall–Kier alpha value is -1.34. The second-order valence-corrected chi connectivity index (χ2v) is 4.91. The number of hydrogen-bond acceptors (Lipinski definition) is 7. The maximum absolute atomic E-state index is 11.5. The predicted octanol–water partition coefficient (Wildman–Crippen LogP) is 1.70. The smallest absolute Gasteiger partial charge is 0.465 e. The SMILES string of the molecule is CCN(CC)CCCOC(=O)OCC(COC)COC(C)=O. The third-order valence-electron chi connectivity index (χ3n) is 3.09. The fraction of sp³-hybridized carbons (Fsp3) is 0.867. The summed E-state index contributed by atoms with van der Waals surface area (Å²) in [6.45, 7) is 9.28. The van der Waals surface area contributed by atoms with E-state index in [9.17, 15) is 9.59 Å². The fourth-order valence-corrected chi connectivity index (χ4v) is 1.83. The average Bonchev–Trinajstić information content (AvgIpc) is 2.50. The molecule has 0 bridgehead atoms. The average molecular weight is 319 g/mol. The molecule has 0 rings (SSSR count). The molecule has 7 nitrogen and oxygen atoms in total. The second kappa shape index (κ2) is 13.3. The monoisotopic (exact) mass is 319 g/mol. The van der Waals surface area contributed by atoms with E-state index < -0.39 is 6.16 Å². The van der Waals surface area contributed by atoms with Crippen LogP contribution in [0, 0.1) is 5.92 Å². The van der Waals surface area contributed by atoms with Crippen LogP contribution in [0.2, 0.25) is 0 Å². The molecule has 7 heteroatoms.